The van der Waals surface area contributed by atoms with Gasteiger partial charge in [-0.3, -0.25) is 10.1 Å². The molecule has 0 saturated carbocycles. The lowest BCUT2D eigenvalue weighted by Gasteiger charge is -2.13. The standard InChI is InChI=1S/C21H24N6O3S/c1-13-5-10-18(14(2)11-13)22-20(29)23-19(28)15(3)31-21-24-25-26-27(21)12-16-6-8-17(30-4)9-7-16/h5-11,15H,12H2,1-4H3,(H2,22,23,28,29)/t15-/m0/s1. The van der Waals surface area contributed by atoms with E-state index in [2.05, 4.69) is 26.2 Å². The van der Waals surface area contributed by atoms with E-state index in [1.54, 1.807) is 24.8 Å². The molecule has 0 unspecified atom stereocenters. The van der Waals surface area contributed by atoms with Crippen molar-refractivity contribution in [2.45, 2.75) is 37.7 Å². The topological polar surface area (TPSA) is 111 Å². The van der Waals surface area contributed by atoms with E-state index in [1.807, 2.05) is 50.2 Å². The summed E-state index contributed by atoms with van der Waals surface area (Å²) in [5, 5.41) is 16.7. The summed E-state index contributed by atoms with van der Waals surface area (Å²) in [5.74, 6) is 0.325. The van der Waals surface area contributed by atoms with Crippen LogP contribution in [0.4, 0.5) is 10.5 Å². The van der Waals surface area contributed by atoms with Crippen molar-refractivity contribution >= 4 is 29.4 Å². The molecule has 0 radical (unpaired) electrons. The Morgan fingerprint density at radius 3 is 2.58 bits per heavy atom. The molecule has 162 valence electrons. The minimum absolute atomic E-state index is 0.439. The van der Waals surface area contributed by atoms with Crippen LogP contribution in [-0.4, -0.2) is 44.5 Å². The number of ether oxygens (including phenoxy) is 1. The fourth-order valence-corrected chi connectivity index (χ4v) is 3.61. The van der Waals surface area contributed by atoms with Crippen molar-refractivity contribution in [1.82, 2.24) is 25.5 Å². The van der Waals surface area contributed by atoms with Crippen molar-refractivity contribution < 1.29 is 14.3 Å². The second-order valence-electron chi connectivity index (χ2n) is 6.99. The fourth-order valence-electron chi connectivity index (χ4n) is 2.82. The van der Waals surface area contributed by atoms with Crippen LogP contribution in [-0.2, 0) is 11.3 Å². The second kappa shape index (κ2) is 10.1. The number of imide groups is 1. The molecule has 9 nitrogen and oxygen atoms in total. The van der Waals surface area contributed by atoms with E-state index in [9.17, 15) is 9.59 Å². The van der Waals surface area contributed by atoms with Crippen molar-refractivity contribution in [3.05, 3.63) is 59.2 Å². The lowest BCUT2D eigenvalue weighted by Crippen LogP contribution is -2.39. The normalized spacial score (nSPS) is 11.6. The van der Waals surface area contributed by atoms with Gasteiger partial charge < -0.3 is 10.1 Å². The maximum atomic E-state index is 12.5. The predicted molar refractivity (Wildman–Crippen MR) is 118 cm³/mol. The molecule has 2 aromatic carbocycles. The third kappa shape index (κ3) is 6.05. The van der Waals surface area contributed by atoms with Crippen LogP contribution in [0.5, 0.6) is 5.75 Å². The molecule has 0 spiro atoms. The molecule has 3 rings (SSSR count). The number of carbonyl (C=O) groups is 2. The Labute approximate surface area is 184 Å². The number of hydrogen-bond donors (Lipinski definition) is 2. The molecular weight excluding hydrogens is 416 g/mol. The summed E-state index contributed by atoms with van der Waals surface area (Å²) in [6.45, 7) is 6.00. The van der Waals surface area contributed by atoms with Gasteiger partial charge in [-0.05, 0) is 60.5 Å². The quantitative estimate of drug-likeness (QED) is 0.543. The smallest absolute Gasteiger partial charge is 0.325 e. The van der Waals surface area contributed by atoms with Gasteiger partial charge in [0.05, 0.1) is 18.9 Å². The molecule has 2 N–H and O–H groups in total. The van der Waals surface area contributed by atoms with Gasteiger partial charge in [0.2, 0.25) is 11.1 Å². The molecule has 0 aliphatic carbocycles. The van der Waals surface area contributed by atoms with Crippen LogP contribution in [0.25, 0.3) is 0 Å². The summed E-state index contributed by atoms with van der Waals surface area (Å²) >= 11 is 1.18. The zero-order valence-corrected chi connectivity index (χ0v) is 18.6. The van der Waals surface area contributed by atoms with Crippen LogP contribution in [0.1, 0.15) is 23.6 Å². The number of benzene rings is 2. The summed E-state index contributed by atoms with van der Waals surface area (Å²) in [6, 6.07) is 12.6. The van der Waals surface area contributed by atoms with Crippen LogP contribution < -0.4 is 15.4 Å². The number of hydrogen-bond acceptors (Lipinski definition) is 7. The van der Waals surface area contributed by atoms with E-state index in [4.69, 9.17) is 4.74 Å². The Morgan fingerprint density at radius 2 is 1.90 bits per heavy atom. The molecule has 0 aliphatic heterocycles. The first-order chi connectivity index (χ1) is 14.9. The number of amides is 3. The number of thioether (sulfide) groups is 1. The zero-order valence-electron chi connectivity index (χ0n) is 17.7. The number of carbonyl (C=O) groups excluding carboxylic acids is 2. The maximum absolute atomic E-state index is 12.5. The highest BCUT2D eigenvalue weighted by Gasteiger charge is 2.21. The molecule has 0 saturated heterocycles. The Bertz CT molecular complexity index is 1070. The van der Waals surface area contributed by atoms with E-state index < -0.39 is 17.2 Å². The van der Waals surface area contributed by atoms with Crippen LogP contribution in [0.2, 0.25) is 0 Å². The van der Waals surface area contributed by atoms with Gasteiger partial charge in [0, 0.05) is 5.69 Å². The van der Waals surface area contributed by atoms with Crippen molar-refractivity contribution in [1.29, 1.82) is 0 Å². The van der Waals surface area contributed by atoms with Gasteiger partial charge in [-0.1, -0.05) is 41.6 Å². The third-order valence-electron chi connectivity index (χ3n) is 4.51. The number of methoxy groups -OCH3 is 1. The highest BCUT2D eigenvalue weighted by Crippen LogP contribution is 2.22. The molecule has 1 aromatic heterocycles. The second-order valence-corrected chi connectivity index (χ2v) is 8.30. The molecule has 10 heteroatoms. The van der Waals surface area contributed by atoms with Crippen LogP contribution in [0.15, 0.2) is 47.6 Å². The van der Waals surface area contributed by atoms with Crippen molar-refractivity contribution in [3.63, 3.8) is 0 Å². The molecule has 1 atom stereocenters. The van der Waals surface area contributed by atoms with Gasteiger partial charge in [-0.15, -0.1) is 5.10 Å². The third-order valence-corrected chi connectivity index (χ3v) is 5.58. The average Bonchev–Trinajstić information content (AvgIpc) is 3.17. The van der Waals surface area contributed by atoms with Crippen LogP contribution in [0.3, 0.4) is 0 Å². The van der Waals surface area contributed by atoms with E-state index in [1.165, 1.54) is 11.8 Å². The SMILES string of the molecule is COc1ccc(Cn2nnnc2S[C@@H](C)C(=O)NC(=O)Nc2ccc(C)cc2C)cc1. The largest absolute Gasteiger partial charge is 0.497 e. The highest BCUT2D eigenvalue weighted by atomic mass is 32.2. The summed E-state index contributed by atoms with van der Waals surface area (Å²) < 4.78 is 6.76. The van der Waals surface area contributed by atoms with Crippen LogP contribution in [0, 0.1) is 13.8 Å². The Hall–Kier alpha value is -3.40. The molecule has 3 aromatic rings. The molecule has 0 aliphatic rings. The average molecular weight is 441 g/mol. The minimum Gasteiger partial charge on any atom is -0.497 e. The number of aromatic nitrogens is 4. The number of tetrazole rings is 1. The monoisotopic (exact) mass is 440 g/mol. The van der Waals surface area contributed by atoms with Crippen molar-refractivity contribution in [2.24, 2.45) is 0 Å². The number of nitrogens with one attached hydrogen (secondary N) is 2. The Morgan fingerprint density at radius 1 is 1.16 bits per heavy atom. The first kappa shape index (κ1) is 22.3. The maximum Gasteiger partial charge on any atom is 0.325 e. The Kier molecular flexibility index (Phi) is 7.24. The van der Waals surface area contributed by atoms with Gasteiger partial charge in [0.25, 0.3) is 0 Å². The number of nitrogens with zero attached hydrogens (tertiary/aromatic N) is 4. The van der Waals surface area contributed by atoms with E-state index >= 15 is 0 Å². The lowest BCUT2D eigenvalue weighted by atomic mass is 10.1. The van der Waals surface area contributed by atoms with Gasteiger partial charge in [-0.2, -0.15) is 0 Å². The van der Waals surface area contributed by atoms with Gasteiger partial charge in [-0.25, -0.2) is 9.48 Å². The predicted octanol–water partition coefficient (Wildman–Crippen LogP) is 3.18. The van der Waals surface area contributed by atoms with Crippen molar-refractivity contribution in [2.75, 3.05) is 12.4 Å². The van der Waals surface area contributed by atoms with Gasteiger partial charge >= 0.3 is 6.03 Å². The molecule has 1 heterocycles. The number of aryl methyl sites for hydroxylation is 2. The van der Waals surface area contributed by atoms with E-state index in [0.717, 1.165) is 22.4 Å². The first-order valence-electron chi connectivity index (χ1n) is 9.60. The lowest BCUT2D eigenvalue weighted by molar-refractivity contribution is -0.119. The molecule has 0 bridgehead atoms. The molecule has 0 fully saturated rings. The number of rotatable bonds is 7. The van der Waals surface area contributed by atoms with Gasteiger partial charge in [0.15, 0.2) is 0 Å². The van der Waals surface area contributed by atoms with E-state index in [0.29, 0.717) is 17.4 Å². The fraction of sp³-hybridized carbons (Fsp3) is 0.286. The van der Waals surface area contributed by atoms with Crippen LogP contribution >= 0.6 is 11.8 Å². The highest BCUT2D eigenvalue weighted by molar-refractivity contribution is 8.00. The summed E-state index contributed by atoms with van der Waals surface area (Å²) in [6.07, 6.45) is 0. The minimum atomic E-state index is -0.581. The summed E-state index contributed by atoms with van der Waals surface area (Å²) in [4.78, 5) is 24.7. The Balaban J connectivity index is 1.57. The van der Waals surface area contributed by atoms with Crippen molar-refractivity contribution in [3.8, 4) is 5.75 Å². The van der Waals surface area contributed by atoms with E-state index in [-0.39, 0.29) is 0 Å². The summed E-state index contributed by atoms with van der Waals surface area (Å²) in [7, 11) is 1.61. The number of urea groups is 1. The zero-order chi connectivity index (χ0) is 22.4. The first-order valence-corrected chi connectivity index (χ1v) is 10.5. The summed E-state index contributed by atoms with van der Waals surface area (Å²) in [5.41, 5.74) is 3.65. The molecule has 3 amide bonds. The molecular formula is C21H24N6O3S. The molecule has 31 heavy (non-hydrogen) atoms. The van der Waals surface area contributed by atoms with Gasteiger partial charge in [0.1, 0.15) is 5.75 Å². The number of anilines is 1.